The van der Waals surface area contributed by atoms with Crippen molar-refractivity contribution in [2.45, 2.75) is 6.54 Å². The van der Waals surface area contributed by atoms with E-state index in [4.69, 9.17) is 16.6 Å². The Balaban J connectivity index is 2.16. The molecule has 10 heteroatoms. The first kappa shape index (κ1) is 14.9. The quantitative estimate of drug-likeness (QED) is 0.459. The minimum Gasteiger partial charge on any atom is -0.480 e. The fourth-order valence-electron chi connectivity index (χ4n) is 2.03. The number of H-pyrrole nitrogens is 1. The molecule has 0 fully saturated rings. The number of nitrogens with two attached hydrogens (primary N) is 2. The third-order valence-electron chi connectivity index (χ3n) is 2.95. The van der Waals surface area contributed by atoms with Crippen LogP contribution in [-0.4, -0.2) is 61.7 Å². The van der Waals surface area contributed by atoms with Gasteiger partial charge in [0.2, 0.25) is 5.95 Å². The van der Waals surface area contributed by atoms with Crippen molar-refractivity contribution in [1.29, 1.82) is 0 Å². The van der Waals surface area contributed by atoms with Crippen molar-refractivity contribution in [2.24, 2.45) is 5.73 Å². The maximum Gasteiger partial charge on any atom is 0.317 e. The van der Waals surface area contributed by atoms with E-state index in [1.807, 2.05) is 0 Å². The third-order valence-corrected chi connectivity index (χ3v) is 2.95. The summed E-state index contributed by atoms with van der Waals surface area (Å²) in [6.45, 7) is 1.61. The summed E-state index contributed by atoms with van der Waals surface area (Å²) in [4.78, 5) is 34.5. The van der Waals surface area contributed by atoms with Crippen LogP contribution in [0.3, 0.4) is 0 Å². The number of nitrogen functional groups attached to an aromatic ring is 1. The average Bonchev–Trinajstić information content (AvgIpc) is 2.79. The highest BCUT2D eigenvalue weighted by Gasteiger charge is 2.12. The zero-order valence-electron chi connectivity index (χ0n) is 11.3. The molecule has 0 saturated heterocycles. The SMILES string of the molecule is NCCN(CCn1cnc2c(=O)[nH]c(N)nc21)CC(=O)O. The van der Waals surface area contributed by atoms with Gasteiger partial charge in [0, 0.05) is 26.2 Å². The second kappa shape index (κ2) is 6.33. The summed E-state index contributed by atoms with van der Waals surface area (Å²) in [5.41, 5.74) is 11.1. The van der Waals surface area contributed by atoms with E-state index in [9.17, 15) is 9.59 Å². The standard InChI is InChI=1S/C11H17N7O3/c12-1-2-17(5-7(19)20)3-4-18-6-14-8-9(18)15-11(13)16-10(8)21/h6H,1-5,12H2,(H,19,20)(H3,13,15,16,21). The number of imidazole rings is 1. The number of carboxylic acid groups (broad SMARTS) is 1. The van der Waals surface area contributed by atoms with Gasteiger partial charge in [0.1, 0.15) is 0 Å². The number of carboxylic acids is 1. The zero-order chi connectivity index (χ0) is 15.4. The van der Waals surface area contributed by atoms with E-state index in [0.717, 1.165) is 0 Å². The van der Waals surface area contributed by atoms with Crippen LogP contribution in [0.1, 0.15) is 0 Å². The summed E-state index contributed by atoms with van der Waals surface area (Å²) in [5, 5.41) is 8.84. The smallest absolute Gasteiger partial charge is 0.317 e. The Morgan fingerprint density at radius 3 is 2.90 bits per heavy atom. The predicted octanol–water partition coefficient (Wildman–Crippen LogP) is -1.95. The predicted molar refractivity (Wildman–Crippen MR) is 75.7 cm³/mol. The van der Waals surface area contributed by atoms with Gasteiger partial charge in [-0.2, -0.15) is 4.98 Å². The molecule has 0 amide bonds. The van der Waals surface area contributed by atoms with Crippen LogP contribution in [0.15, 0.2) is 11.1 Å². The molecule has 0 aliphatic carbocycles. The van der Waals surface area contributed by atoms with Crippen molar-refractivity contribution in [1.82, 2.24) is 24.4 Å². The molecule has 0 unspecified atom stereocenters. The lowest BCUT2D eigenvalue weighted by Gasteiger charge is -2.19. The second-order valence-electron chi connectivity index (χ2n) is 4.52. The topological polar surface area (TPSA) is 156 Å². The zero-order valence-corrected chi connectivity index (χ0v) is 11.3. The van der Waals surface area contributed by atoms with Crippen LogP contribution >= 0.6 is 0 Å². The molecule has 0 bridgehead atoms. The Labute approximate surface area is 119 Å². The van der Waals surface area contributed by atoms with Crippen molar-refractivity contribution in [3.05, 3.63) is 16.7 Å². The minimum absolute atomic E-state index is 0.0126. The molecule has 2 aromatic rings. The number of nitrogens with zero attached hydrogens (tertiary/aromatic N) is 4. The average molecular weight is 295 g/mol. The number of anilines is 1. The molecule has 2 heterocycles. The molecule has 114 valence electrons. The monoisotopic (exact) mass is 295 g/mol. The van der Waals surface area contributed by atoms with E-state index in [1.165, 1.54) is 6.33 Å². The van der Waals surface area contributed by atoms with Crippen LogP contribution in [0.4, 0.5) is 5.95 Å². The number of carbonyl (C=O) groups is 1. The molecule has 0 spiro atoms. The molecular weight excluding hydrogens is 278 g/mol. The summed E-state index contributed by atoms with van der Waals surface area (Å²) >= 11 is 0. The molecule has 0 aromatic carbocycles. The molecule has 0 saturated carbocycles. The molecule has 6 N–H and O–H groups in total. The van der Waals surface area contributed by atoms with Gasteiger partial charge in [-0.1, -0.05) is 0 Å². The van der Waals surface area contributed by atoms with Crippen LogP contribution in [0, 0.1) is 0 Å². The summed E-state index contributed by atoms with van der Waals surface area (Å²) in [5.74, 6) is -0.906. The molecule has 21 heavy (non-hydrogen) atoms. The highest BCUT2D eigenvalue weighted by Crippen LogP contribution is 2.06. The van der Waals surface area contributed by atoms with Crippen molar-refractivity contribution in [3.63, 3.8) is 0 Å². The first-order valence-electron chi connectivity index (χ1n) is 6.36. The number of rotatable bonds is 7. The molecule has 0 aliphatic heterocycles. The largest absolute Gasteiger partial charge is 0.480 e. The van der Waals surface area contributed by atoms with E-state index in [-0.39, 0.29) is 18.0 Å². The van der Waals surface area contributed by atoms with E-state index in [1.54, 1.807) is 9.47 Å². The molecule has 0 radical (unpaired) electrons. The van der Waals surface area contributed by atoms with Crippen LogP contribution in [0.5, 0.6) is 0 Å². The van der Waals surface area contributed by atoms with Gasteiger partial charge in [-0.05, 0) is 0 Å². The maximum atomic E-state index is 11.6. The summed E-state index contributed by atoms with van der Waals surface area (Å²) in [7, 11) is 0. The summed E-state index contributed by atoms with van der Waals surface area (Å²) < 4.78 is 1.66. The Morgan fingerprint density at radius 1 is 1.48 bits per heavy atom. The molecule has 10 nitrogen and oxygen atoms in total. The lowest BCUT2D eigenvalue weighted by molar-refractivity contribution is -0.138. The van der Waals surface area contributed by atoms with Crippen LogP contribution in [-0.2, 0) is 11.3 Å². The third kappa shape index (κ3) is 3.55. The molecule has 0 atom stereocenters. The second-order valence-corrected chi connectivity index (χ2v) is 4.52. The molecule has 0 aliphatic rings. The summed E-state index contributed by atoms with van der Waals surface area (Å²) in [6, 6.07) is 0. The Bertz CT molecular complexity index is 693. The van der Waals surface area contributed by atoms with Gasteiger partial charge in [0.05, 0.1) is 12.9 Å². The van der Waals surface area contributed by atoms with E-state index < -0.39 is 11.5 Å². The lowest BCUT2D eigenvalue weighted by Crippen LogP contribution is -2.36. The van der Waals surface area contributed by atoms with E-state index in [2.05, 4.69) is 15.0 Å². The molecule has 2 rings (SSSR count). The van der Waals surface area contributed by atoms with Gasteiger partial charge < -0.3 is 21.1 Å². The first-order chi connectivity index (χ1) is 10.0. The number of hydrogen-bond acceptors (Lipinski definition) is 7. The number of hydrogen-bond donors (Lipinski definition) is 4. The highest BCUT2D eigenvalue weighted by molar-refractivity contribution is 5.70. The summed E-state index contributed by atoms with van der Waals surface area (Å²) in [6.07, 6.45) is 1.48. The maximum absolute atomic E-state index is 11.6. The van der Waals surface area contributed by atoms with E-state index in [0.29, 0.717) is 31.8 Å². The molecular formula is C11H17N7O3. The number of aromatic amines is 1. The van der Waals surface area contributed by atoms with Gasteiger partial charge >= 0.3 is 5.97 Å². The van der Waals surface area contributed by atoms with Gasteiger partial charge in [-0.15, -0.1) is 0 Å². The van der Waals surface area contributed by atoms with Gasteiger partial charge in [0.15, 0.2) is 11.2 Å². The van der Waals surface area contributed by atoms with Crippen LogP contribution < -0.4 is 17.0 Å². The van der Waals surface area contributed by atoms with E-state index >= 15 is 0 Å². The Morgan fingerprint density at radius 2 is 2.24 bits per heavy atom. The molecule has 2 aromatic heterocycles. The highest BCUT2D eigenvalue weighted by atomic mass is 16.4. The number of fused-ring (bicyclic) bond motifs is 1. The Kier molecular flexibility index (Phi) is 4.50. The fraction of sp³-hybridized carbons (Fsp3) is 0.455. The minimum atomic E-state index is -0.919. The van der Waals surface area contributed by atoms with Crippen LogP contribution in [0.25, 0.3) is 11.2 Å². The fourth-order valence-corrected chi connectivity index (χ4v) is 2.03. The number of nitrogens with one attached hydrogen (secondary N) is 1. The first-order valence-corrected chi connectivity index (χ1v) is 6.36. The van der Waals surface area contributed by atoms with Crippen molar-refractivity contribution >= 4 is 23.1 Å². The van der Waals surface area contributed by atoms with Crippen molar-refractivity contribution < 1.29 is 9.90 Å². The van der Waals surface area contributed by atoms with Gasteiger partial charge in [0.25, 0.3) is 5.56 Å². The number of aromatic nitrogens is 4. The van der Waals surface area contributed by atoms with Crippen molar-refractivity contribution in [2.75, 3.05) is 31.9 Å². The normalized spacial score (nSPS) is 11.3. The van der Waals surface area contributed by atoms with Gasteiger partial charge in [-0.3, -0.25) is 19.5 Å². The number of aliphatic carboxylic acids is 1. The Hall–Kier alpha value is -2.46. The van der Waals surface area contributed by atoms with Crippen LogP contribution in [0.2, 0.25) is 0 Å². The lowest BCUT2D eigenvalue weighted by atomic mass is 10.4. The van der Waals surface area contributed by atoms with Crippen molar-refractivity contribution in [3.8, 4) is 0 Å². The van der Waals surface area contributed by atoms with Gasteiger partial charge in [-0.25, -0.2) is 4.98 Å².